The predicted octanol–water partition coefficient (Wildman–Crippen LogP) is 1.51. The Morgan fingerprint density at radius 1 is 1.29 bits per heavy atom. The van der Waals surface area contributed by atoms with E-state index in [1.54, 1.807) is 12.1 Å². The smallest absolute Gasteiger partial charge is 0.307 e. The lowest BCUT2D eigenvalue weighted by Crippen LogP contribution is -2.22. The van der Waals surface area contributed by atoms with Crippen LogP contribution in [0.4, 0.5) is 0 Å². The van der Waals surface area contributed by atoms with Crippen LogP contribution in [-0.4, -0.2) is 17.0 Å². The molecule has 1 rings (SSSR count). The predicted molar refractivity (Wildman–Crippen MR) is 64.4 cm³/mol. The Bertz CT molecular complexity index is 426. The van der Waals surface area contributed by atoms with Gasteiger partial charge >= 0.3 is 5.97 Å². The minimum absolute atomic E-state index is 0.0342. The zero-order valence-corrected chi connectivity index (χ0v) is 9.48. The van der Waals surface area contributed by atoms with Gasteiger partial charge in [-0.05, 0) is 11.1 Å². The fourth-order valence-corrected chi connectivity index (χ4v) is 1.46. The SMILES string of the molecule is C=CCC(=O)NCc1ccccc1CC(=O)O. The molecule has 0 aliphatic heterocycles. The summed E-state index contributed by atoms with van der Waals surface area (Å²) < 4.78 is 0. The summed E-state index contributed by atoms with van der Waals surface area (Å²) in [7, 11) is 0. The Labute approximate surface area is 100.0 Å². The number of benzene rings is 1. The van der Waals surface area contributed by atoms with Gasteiger partial charge in [0.05, 0.1) is 6.42 Å². The van der Waals surface area contributed by atoms with Crippen LogP contribution in [0.3, 0.4) is 0 Å². The molecule has 0 bridgehead atoms. The van der Waals surface area contributed by atoms with Crippen LogP contribution in [0.5, 0.6) is 0 Å². The summed E-state index contributed by atoms with van der Waals surface area (Å²) >= 11 is 0. The maximum absolute atomic E-state index is 11.3. The molecule has 0 aliphatic carbocycles. The molecule has 2 N–H and O–H groups in total. The van der Waals surface area contributed by atoms with Crippen molar-refractivity contribution in [3.8, 4) is 0 Å². The number of aliphatic carboxylic acids is 1. The van der Waals surface area contributed by atoms with E-state index in [0.717, 1.165) is 11.1 Å². The first-order valence-electron chi connectivity index (χ1n) is 5.29. The fourth-order valence-electron chi connectivity index (χ4n) is 1.46. The Balaban J connectivity index is 2.66. The quantitative estimate of drug-likeness (QED) is 0.732. The van der Waals surface area contributed by atoms with Gasteiger partial charge in [0.15, 0.2) is 0 Å². The van der Waals surface area contributed by atoms with E-state index in [-0.39, 0.29) is 18.7 Å². The zero-order chi connectivity index (χ0) is 12.7. The monoisotopic (exact) mass is 233 g/mol. The molecule has 0 unspecified atom stereocenters. The summed E-state index contributed by atoms with van der Waals surface area (Å²) in [6.07, 6.45) is 1.76. The van der Waals surface area contributed by atoms with Crippen molar-refractivity contribution in [2.24, 2.45) is 0 Å². The van der Waals surface area contributed by atoms with Crippen molar-refractivity contribution in [3.05, 3.63) is 48.0 Å². The second kappa shape index (κ2) is 6.48. The third kappa shape index (κ3) is 4.51. The average Bonchev–Trinajstić information content (AvgIpc) is 2.27. The van der Waals surface area contributed by atoms with E-state index >= 15 is 0 Å². The number of carboxylic acids is 1. The Hall–Kier alpha value is -2.10. The van der Waals surface area contributed by atoms with E-state index in [2.05, 4.69) is 11.9 Å². The van der Waals surface area contributed by atoms with Gasteiger partial charge in [-0.25, -0.2) is 0 Å². The maximum Gasteiger partial charge on any atom is 0.307 e. The molecule has 90 valence electrons. The van der Waals surface area contributed by atoms with Gasteiger partial charge in [-0.1, -0.05) is 30.3 Å². The number of carbonyl (C=O) groups is 2. The summed E-state index contributed by atoms with van der Waals surface area (Å²) in [6, 6.07) is 7.17. The molecule has 0 radical (unpaired) electrons. The molecule has 0 heterocycles. The van der Waals surface area contributed by atoms with Crippen LogP contribution < -0.4 is 5.32 Å². The average molecular weight is 233 g/mol. The van der Waals surface area contributed by atoms with E-state index < -0.39 is 5.97 Å². The number of nitrogens with one attached hydrogen (secondary N) is 1. The first-order chi connectivity index (χ1) is 8.13. The van der Waals surface area contributed by atoms with Crippen LogP contribution in [0.2, 0.25) is 0 Å². The number of carbonyl (C=O) groups excluding carboxylic acids is 1. The Kier molecular flexibility index (Phi) is 4.94. The second-order valence-electron chi connectivity index (χ2n) is 3.61. The number of rotatable bonds is 6. The lowest BCUT2D eigenvalue weighted by atomic mass is 10.0. The molecule has 17 heavy (non-hydrogen) atoms. The second-order valence-corrected chi connectivity index (χ2v) is 3.61. The Morgan fingerprint density at radius 3 is 2.53 bits per heavy atom. The highest BCUT2D eigenvalue weighted by Crippen LogP contribution is 2.09. The van der Waals surface area contributed by atoms with Crippen molar-refractivity contribution in [2.75, 3.05) is 0 Å². The van der Waals surface area contributed by atoms with Gasteiger partial charge in [-0.2, -0.15) is 0 Å². The van der Waals surface area contributed by atoms with E-state index in [0.29, 0.717) is 6.54 Å². The highest BCUT2D eigenvalue weighted by atomic mass is 16.4. The van der Waals surface area contributed by atoms with Crippen molar-refractivity contribution in [3.63, 3.8) is 0 Å². The summed E-state index contributed by atoms with van der Waals surface area (Å²) in [5.41, 5.74) is 1.55. The Morgan fingerprint density at radius 2 is 1.94 bits per heavy atom. The first kappa shape index (κ1) is 13.0. The molecule has 0 fully saturated rings. The van der Waals surface area contributed by atoms with Gasteiger partial charge in [-0.3, -0.25) is 9.59 Å². The van der Waals surface area contributed by atoms with Crippen LogP contribution in [0.1, 0.15) is 17.5 Å². The summed E-state index contributed by atoms with van der Waals surface area (Å²) in [6.45, 7) is 3.82. The van der Waals surface area contributed by atoms with Crippen LogP contribution in [0, 0.1) is 0 Å². The molecule has 0 aliphatic rings. The van der Waals surface area contributed by atoms with Gasteiger partial charge < -0.3 is 10.4 Å². The van der Waals surface area contributed by atoms with Crippen LogP contribution >= 0.6 is 0 Å². The molecule has 4 heteroatoms. The lowest BCUT2D eigenvalue weighted by Gasteiger charge is -2.08. The van der Waals surface area contributed by atoms with Gasteiger partial charge in [0, 0.05) is 13.0 Å². The largest absolute Gasteiger partial charge is 0.481 e. The number of amides is 1. The van der Waals surface area contributed by atoms with Gasteiger partial charge in [0.1, 0.15) is 0 Å². The number of carboxylic acid groups (broad SMARTS) is 1. The van der Waals surface area contributed by atoms with Crippen LogP contribution in [0.25, 0.3) is 0 Å². The first-order valence-corrected chi connectivity index (χ1v) is 5.29. The molecule has 0 atom stereocenters. The van der Waals surface area contributed by atoms with Crippen molar-refractivity contribution >= 4 is 11.9 Å². The molecule has 1 aromatic carbocycles. The molecular weight excluding hydrogens is 218 g/mol. The summed E-state index contributed by atoms with van der Waals surface area (Å²) in [5.74, 6) is -1.00. The highest BCUT2D eigenvalue weighted by Gasteiger charge is 2.06. The highest BCUT2D eigenvalue weighted by molar-refractivity contribution is 5.77. The molecule has 0 aromatic heterocycles. The molecular formula is C13H15NO3. The zero-order valence-electron chi connectivity index (χ0n) is 9.48. The van der Waals surface area contributed by atoms with E-state index in [1.807, 2.05) is 12.1 Å². The van der Waals surface area contributed by atoms with Gasteiger partial charge in [-0.15, -0.1) is 6.58 Å². The minimum atomic E-state index is -0.880. The number of hydrogen-bond donors (Lipinski definition) is 2. The summed E-state index contributed by atoms with van der Waals surface area (Å²) in [4.78, 5) is 21.9. The van der Waals surface area contributed by atoms with Crippen molar-refractivity contribution in [1.82, 2.24) is 5.32 Å². The van der Waals surface area contributed by atoms with Crippen molar-refractivity contribution < 1.29 is 14.7 Å². The minimum Gasteiger partial charge on any atom is -0.481 e. The summed E-state index contributed by atoms with van der Waals surface area (Å²) in [5, 5.41) is 11.5. The van der Waals surface area contributed by atoms with Crippen molar-refractivity contribution in [2.45, 2.75) is 19.4 Å². The van der Waals surface area contributed by atoms with E-state index in [9.17, 15) is 9.59 Å². The van der Waals surface area contributed by atoms with E-state index in [4.69, 9.17) is 5.11 Å². The normalized spacial score (nSPS) is 9.65. The molecule has 1 amide bonds. The van der Waals surface area contributed by atoms with Crippen molar-refractivity contribution in [1.29, 1.82) is 0 Å². The van der Waals surface area contributed by atoms with Crippen LogP contribution in [-0.2, 0) is 22.6 Å². The molecule has 0 saturated heterocycles. The van der Waals surface area contributed by atoms with Gasteiger partial charge in [0.25, 0.3) is 0 Å². The third-order valence-corrected chi connectivity index (χ3v) is 2.27. The topological polar surface area (TPSA) is 66.4 Å². The molecule has 0 spiro atoms. The maximum atomic E-state index is 11.3. The molecule has 4 nitrogen and oxygen atoms in total. The lowest BCUT2D eigenvalue weighted by molar-refractivity contribution is -0.136. The standard InChI is InChI=1S/C13H15NO3/c1-2-5-12(15)14-9-11-7-4-3-6-10(11)8-13(16)17/h2-4,6-7H,1,5,8-9H2,(H,14,15)(H,16,17). The fraction of sp³-hybridized carbons (Fsp3) is 0.231. The molecule has 0 saturated carbocycles. The van der Waals surface area contributed by atoms with Gasteiger partial charge in [0.2, 0.25) is 5.91 Å². The third-order valence-electron chi connectivity index (χ3n) is 2.27. The van der Waals surface area contributed by atoms with E-state index in [1.165, 1.54) is 6.08 Å². The number of hydrogen-bond acceptors (Lipinski definition) is 2. The van der Waals surface area contributed by atoms with Crippen LogP contribution in [0.15, 0.2) is 36.9 Å². The molecule has 1 aromatic rings.